The zero-order chi connectivity index (χ0) is 46.3. The number of amides is 1. The zero-order valence-corrected chi connectivity index (χ0v) is 42.8. The van der Waals surface area contributed by atoms with Gasteiger partial charge in [-0.05, 0) is 64.2 Å². The van der Waals surface area contributed by atoms with E-state index in [1.807, 2.05) is 0 Å². The largest absolute Gasteiger partial charge is 0.394 e. The predicted octanol–water partition coefficient (Wildman–Crippen LogP) is 18.6. The zero-order valence-electron chi connectivity index (χ0n) is 42.8. The summed E-state index contributed by atoms with van der Waals surface area (Å²) in [7, 11) is 0. The minimum absolute atomic E-state index is 0.0550. The molecule has 0 aliphatic carbocycles. The van der Waals surface area contributed by atoms with Crippen molar-refractivity contribution in [3.63, 3.8) is 0 Å². The van der Waals surface area contributed by atoms with Gasteiger partial charge in [0.2, 0.25) is 5.91 Å². The lowest BCUT2D eigenvalue weighted by Gasteiger charge is -2.22. The molecule has 0 fully saturated rings. The highest BCUT2D eigenvalue weighted by atomic mass is 16.3. The fraction of sp³-hybridized carbons (Fsp3) is 0.783. The van der Waals surface area contributed by atoms with Gasteiger partial charge in [0.25, 0.3) is 0 Å². The fourth-order valence-electron chi connectivity index (χ4n) is 8.48. The summed E-state index contributed by atoms with van der Waals surface area (Å²) in [6, 6.07) is -0.556. The van der Waals surface area contributed by atoms with Crippen molar-refractivity contribution in [2.45, 2.75) is 296 Å². The van der Waals surface area contributed by atoms with Crippen LogP contribution in [0, 0.1) is 0 Å². The topological polar surface area (TPSA) is 69.6 Å². The highest BCUT2D eigenvalue weighted by Crippen LogP contribution is 2.17. The molecule has 0 saturated carbocycles. The van der Waals surface area contributed by atoms with Gasteiger partial charge in [0, 0.05) is 6.42 Å². The Hall–Kier alpha value is -2.17. The van der Waals surface area contributed by atoms with Crippen molar-refractivity contribution in [2.24, 2.45) is 0 Å². The van der Waals surface area contributed by atoms with E-state index in [0.717, 1.165) is 83.5 Å². The second-order valence-corrected chi connectivity index (χ2v) is 19.0. The number of rotatable bonds is 51. The van der Waals surface area contributed by atoms with Gasteiger partial charge < -0.3 is 15.5 Å². The van der Waals surface area contributed by atoms with Gasteiger partial charge in [-0.15, -0.1) is 0 Å². The van der Waals surface area contributed by atoms with E-state index in [1.54, 1.807) is 0 Å². The molecule has 0 radical (unpaired) electrons. The van der Waals surface area contributed by atoms with Crippen LogP contribution in [-0.2, 0) is 4.79 Å². The van der Waals surface area contributed by atoms with Crippen LogP contribution in [0.1, 0.15) is 284 Å². The van der Waals surface area contributed by atoms with Crippen LogP contribution in [-0.4, -0.2) is 34.9 Å². The number of aliphatic hydroxyl groups is 2. The Balaban J connectivity index is 3.51. The van der Waals surface area contributed by atoms with Gasteiger partial charge in [0.15, 0.2) is 0 Å². The molecule has 0 heterocycles. The van der Waals surface area contributed by atoms with Crippen LogP contribution in [0.3, 0.4) is 0 Å². The molecule has 0 bridgehead atoms. The van der Waals surface area contributed by atoms with Crippen molar-refractivity contribution in [1.82, 2.24) is 5.32 Å². The van der Waals surface area contributed by atoms with Crippen molar-refractivity contribution < 1.29 is 15.0 Å². The van der Waals surface area contributed by atoms with Crippen LogP contribution >= 0.6 is 0 Å². The van der Waals surface area contributed by atoms with E-state index in [0.29, 0.717) is 12.8 Å². The number of carbonyl (C=O) groups excluding carboxylic acids is 1. The predicted molar refractivity (Wildman–Crippen MR) is 285 cm³/mol. The molecule has 0 saturated heterocycles. The number of hydrogen-bond acceptors (Lipinski definition) is 3. The first kappa shape index (κ1) is 61.8. The Labute approximate surface area is 399 Å². The van der Waals surface area contributed by atoms with Crippen molar-refractivity contribution in [3.8, 4) is 0 Å². The van der Waals surface area contributed by atoms with Gasteiger partial charge in [-0.25, -0.2) is 0 Å². The standard InChI is InChI=1S/C60H109NO3/c1-3-5-7-9-11-13-15-17-19-21-23-25-27-28-29-30-31-32-34-35-37-39-41-43-45-47-49-51-53-55-59(63)58(57-62)61-60(64)56-54-52-50-48-46-44-42-40-38-36-33-26-24-22-20-18-16-14-12-10-8-6-4-2/h6,8,12,14,18,20,24,26,36,38,42,44,58-59,62-63H,3-5,7,9-11,13,15-17,19,21-23,25,27-35,37,39-41,43,45-57H2,1-2H3,(H,61,64)/b8-6-,14-12-,20-18-,26-24-,38-36-,44-42-. The number of nitrogens with one attached hydrogen (secondary N) is 1. The molecule has 0 spiro atoms. The maximum Gasteiger partial charge on any atom is 0.220 e. The van der Waals surface area contributed by atoms with Crippen LogP contribution in [0.4, 0.5) is 0 Å². The first-order valence-electron chi connectivity index (χ1n) is 28.1. The van der Waals surface area contributed by atoms with Crippen molar-refractivity contribution in [2.75, 3.05) is 6.61 Å². The Bertz CT molecular complexity index is 1100. The smallest absolute Gasteiger partial charge is 0.220 e. The van der Waals surface area contributed by atoms with Crippen molar-refractivity contribution in [3.05, 3.63) is 72.9 Å². The van der Waals surface area contributed by atoms with Crippen LogP contribution in [0.5, 0.6) is 0 Å². The Morgan fingerprint density at radius 1 is 0.391 bits per heavy atom. The fourth-order valence-corrected chi connectivity index (χ4v) is 8.48. The number of carbonyl (C=O) groups is 1. The highest BCUT2D eigenvalue weighted by molar-refractivity contribution is 5.76. The average Bonchev–Trinajstić information content (AvgIpc) is 3.30. The van der Waals surface area contributed by atoms with Gasteiger partial charge in [-0.1, -0.05) is 286 Å². The lowest BCUT2D eigenvalue weighted by atomic mass is 10.0. The van der Waals surface area contributed by atoms with Crippen LogP contribution in [0.15, 0.2) is 72.9 Å². The monoisotopic (exact) mass is 892 g/mol. The molecule has 2 atom stereocenters. The average molecular weight is 893 g/mol. The normalized spacial score (nSPS) is 13.4. The van der Waals surface area contributed by atoms with Gasteiger partial charge in [-0.2, -0.15) is 0 Å². The molecule has 0 aromatic carbocycles. The molecule has 1 amide bonds. The number of unbranched alkanes of at least 4 members (excludes halogenated alkanes) is 32. The van der Waals surface area contributed by atoms with Gasteiger partial charge >= 0.3 is 0 Å². The molecule has 0 aromatic rings. The van der Waals surface area contributed by atoms with E-state index >= 15 is 0 Å². The second kappa shape index (κ2) is 55.2. The first-order valence-corrected chi connectivity index (χ1v) is 28.1. The van der Waals surface area contributed by atoms with E-state index in [4.69, 9.17) is 0 Å². The molecule has 0 aromatic heterocycles. The summed E-state index contributed by atoms with van der Waals surface area (Å²) in [6.45, 7) is 4.25. The van der Waals surface area contributed by atoms with E-state index in [1.165, 1.54) is 173 Å². The third kappa shape index (κ3) is 50.8. The van der Waals surface area contributed by atoms with E-state index in [9.17, 15) is 15.0 Å². The summed E-state index contributed by atoms with van der Waals surface area (Å²) < 4.78 is 0. The molecule has 4 heteroatoms. The second-order valence-electron chi connectivity index (χ2n) is 19.0. The van der Waals surface area contributed by atoms with Gasteiger partial charge in [-0.3, -0.25) is 4.79 Å². The Morgan fingerprint density at radius 3 is 1.03 bits per heavy atom. The molecule has 0 aliphatic rings. The van der Waals surface area contributed by atoms with Crippen LogP contribution in [0.2, 0.25) is 0 Å². The van der Waals surface area contributed by atoms with Gasteiger partial charge in [0.1, 0.15) is 0 Å². The van der Waals surface area contributed by atoms with E-state index in [2.05, 4.69) is 92.1 Å². The molecule has 0 rings (SSSR count). The number of hydrogen-bond donors (Lipinski definition) is 3. The third-order valence-corrected chi connectivity index (χ3v) is 12.7. The molecular formula is C60H109NO3. The Kier molecular flexibility index (Phi) is 53.3. The van der Waals surface area contributed by atoms with E-state index < -0.39 is 12.1 Å². The van der Waals surface area contributed by atoms with E-state index in [-0.39, 0.29) is 12.5 Å². The minimum Gasteiger partial charge on any atom is -0.394 e. The highest BCUT2D eigenvalue weighted by Gasteiger charge is 2.20. The summed E-state index contributed by atoms with van der Waals surface area (Å²) in [5, 5.41) is 23.3. The maximum atomic E-state index is 12.5. The number of aliphatic hydroxyl groups excluding tert-OH is 2. The molecular weight excluding hydrogens is 783 g/mol. The lowest BCUT2D eigenvalue weighted by molar-refractivity contribution is -0.123. The third-order valence-electron chi connectivity index (χ3n) is 12.7. The molecule has 3 N–H and O–H groups in total. The van der Waals surface area contributed by atoms with Crippen LogP contribution < -0.4 is 5.32 Å². The van der Waals surface area contributed by atoms with Gasteiger partial charge in [0.05, 0.1) is 18.8 Å². The molecule has 4 nitrogen and oxygen atoms in total. The first-order chi connectivity index (χ1) is 31.7. The van der Waals surface area contributed by atoms with Crippen molar-refractivity contribution in [1.29, 1.82) is 0 Å². The quantitative estimate of drug-likeness (QED) is 0.0421. The summed E-state index contributed by atoms with van der Waals surface area (Å²) in [6.07, 6.45) is 78.9. The molecule has 64 heavy (non-hydrogen) atoms. The summed E-state index contributed by atoms with van der Waals surface area (Å²) in [5.41, 5.74) is 0. The molecule has 0 aliphatic heterocycles. The Morgan fingerprint density at radius 2 is 0.688 bits per heavy atom. The lowest BCUT2D eigenvalue weighted by Crippen LogP contribution is -2.45. The summed E-state index contributed by atoms with van der Waals surface area (Å²) in [4.78, 5) is 12.5. The van der Waals surface area contributed by atoms with Crippen molar-refractivity contribution >= 4 is 5.91 Å². The van der Waals surface area contributed by atoms with Crippen LogP contribution in [0.25, 0.3) is 0 Å². The minimum atomic E-state index is -0.677. The summed E-state index contributed by atoms with van der Waals surface area (Å²) >= 11 is 0. The summed E-state index contributed by atoms with van der Waals surface area (Å²) in [5.74, 6) is -0.0550. The molecule has 2 unspecified atom stereocenters. The maximum absolute atomic E-state index is 12.5. The number of allylic oxidation sites excluding steroid dienone is 12. The SMILES string of the molecule is CC/C=C\C/C=C\C/C=C\C/C=C\C/C=C\C/C=C\CCCCCCC(=O)NC(CO)C(O)CCCCCCCCCCCCCCCCCCCCCCCCCCCCCCC. The molecule has 372 valence electrons.